The molecule has 0 saturated heterocycles. The van der Waals surface area contributed by atoms with Gasteiger partial charge in [-0.15, -0.1) is 0 Å². The van der Waals surface area contributed by atoms with Gasteiger partial charge in [-0.2, -0.15) is 13.1 Å². The Morgan fingerprint density at radius 2 is 1.85 bits per heavy atom. The van der Waals surface area contributed by atoms with Crippen LogP contribution in [-0.2, 0) is 10.2 Å². The van der Waals surface area contributed by atoms with Gasteiger partial charge in [-0.25, -0.2) is 0 Å². The Kier molecular flexibility index (Phi) is 6.95. The fraction of sp³-hybridized carbons (Fsp3) is 0.294. The van der Waals surface area contributed by atoms with Gasteiger partial charge in [0.15, 0.2) is 0 Å². The topological polar surface area (TPSA) is 100 Å². The average Bonchev–Trinajstić information content (AvgIpc) is 2.59. The van der Waals surface area contributed by atoms with E-state index in [9.17, 15) is 13.2 Å². The molecule has 7 nitrogen and oxygen atoms in total. The van der Waals surface area contributed by atoms with Gasteiger partial charge < -0.3 is 5.32 Å². The van der Waals surface area contributed by atoms with Crippen LogP contribution in [0.2, 0.25) is 0 Å². The zero-order valence-corrected chi connectivity index (χ0v) is 17.5. The summed E-state index contributed by atoms with van der Waals surface area (Å²) in [4.78, 5) is 16.0. The molecule has 26 heavy (non-hydrogen) atoms. The van der Waals surface area contributed by atoms with Crippen molar-refractivity contribution in [2.24, 2.45) is 5.41 Å². The SMILES string of the molecule is CC(C)(CNC(=O)c1ccc(I)cc1)CNS(=O)(=O)Nc1cccnc1. The summed E-state index contributed by atoms with van der Waals surface area (Å²) in [5, 5.41) is 2.84. The zero-order valence-electron chi connectivity index (χ0n) is 14.5. The third kappa shape index (κ3) is 6.89. The second-order valence-electron chi connectivity index (χ2n) is 6.52. The Labute approximate surface area is 167 Å². The van der Waals surface area contributed by atoms with Crippen molar-refractivity contribution in [1.82, 2.24) is 15.0 Å². The molecule has 0 unspecified atom stereocenters. The molecule has 0 aliphatic heterocycles. The van der Waals surface area contributed by atoms with E-state index < -0.39 is 15.6 Å². The zero-order chi connectivity index (χ0) is 19.2. The van der Waals surface area contributed by atoms with E-state index in [0.717, 1.165) is 3.57 Å². The lowest BCUT2D eigenvalue weighted by molar-refractivity contribution is 0.0937. The Balaban J connectivity index is 1.85. The second kappa shape index (κ2) is 8.78. The van der Waals surface area contributed by atoms with Gasteiger partial charge in [-0.05, 0) is 64.4 Å². The van der Waals surface area contributed by atoms with Crippen LogP contribution in [0.1, 0.15) is 24.2 Å². The first-order valence-electron chi connectivity index (χ1n) is 7.88. The van der Waals surface area contributed by atoms with Gasteiger partial charge in [0.05, 0.1) is 11.9 Å². The molecule has 0 atom stereocenters. The molecular weight excluding hydrogens is 467 g/mol. The molecule has 140 valence electrons. The van der Waals surface area contributed by atoms with Crippen molar-refractivity contribution >= 4 is 44.4 Å². The lowest BCUT2D eigenvalue weighted by Crippen LogP contribution is -2.43. The van der Waals surface area contributed by atoms with Gasteiger partial charge in [0.2, 0.25) is 0 Å². The van der Waals surface area contributed by atoms with Gasteiger partial charge in [-0.3, -0.25) is 14.5 Å². The molecule has 0 bridgehead atoms. The summed E-state index contributed by atoms with van der Waals surface area (Å²) in [7, 11) is -3.72. The fourth-order valence-corrected chi connectivity index (χ4v) is 3.43. The predicted molar refractivity (Wildman–Crippen MR) is 110 cm³/mol. The van der Waals surface area contributed by atoms with Crippen molar-refractivity contribution in [2.75, 3.05) is 17.8 Å². The molecule has 0 aliphatic carbocycles. The number of carbonyl (C=O) groups excluding carboxylic acids is 1. The average molecular weight is 488 g/mol. The number of pyridine rings is 1. The maximum Gasteiger partial charge on any atom is 0.299 e. The lowest BCUT2D eigenvalue weighted by Gasteiger charge is -2.25. The first kappa shape index (κ1) is 20.6. The molecule has 0 fully saturated rings. The van der Waals surface area contributed by atoms with Crippen molar-refractivity contribution < 1.29 is 13.2 Å². The summed E-state index contributed by atoms with van der Waals surface area (Å²) in [5.41, 5.74) is 0.479. The third-order valence-corrected chi connectivity index (χ3v) is 5.24. The molecule has 1 amide bonds. The number of rotatable bonds is 8. The summed E-state index contributed by atoms with van der Waals surface area (Å²) in [6.07, 6.45) is 2.98. The van der Waals surface area contributed by atoms with E-state index >= 15 is 0 Å². The molecule has 0 aliphatic rings. The maximum atomic E-state index is 12.2. The third-order valence-electron chi connectivity index (χ3n) is 3.49. The summed E-state index contributed by atoms with van der Waals surface area (Å²) in [6.45, 7) is 4.23. The molecule has 0 spiro atoms. The molecule has 3 N–H and O–H groups in total. The van der Waals surface area contributed by atoms with Gasteiger partial charge in [-0.1, -0.05) is 13.8 Å². The van der Waals surface area contributed by atoms with E-state index in [4.69, 9.17) is 0 Å². The van der Waals surface area contributed by atoms with E-state index in [0.29, 0.717) is 17.8 Å². The van der Waals surface area contributed by atoms with Gasteiger partial charge in [0.25, 0.3) is 16.1 Å². The van der Waals surface area contributed by atoms with Crippen LogP contribution >= 0.6 is 22.6 Å². The Bertz CT molecular complexity index is 840. The highest BCUT2D eigenvalue weighted by atomic mass is 127. The molecule has 2 rings (SSSR count). The van der Waals surface area contributed by atoms with Crippen LogP contribution in [-0.4, -0.2) is 32.4 Å². The number of benzene rings is 1. The monoisotopic (exact) mass is 488 g/mol. The smallest absolute Gasteiger partial charge is 0.299 e. The van der Waals surface area contributed by atoms with Crippen LogP contribution in [0, 0.1) is 8.99 Å². The fourth-order valence-electron chi connectivity index (χ4n) is 1.99. The van der Waals surface area contributed by atoms with E-state index in [1.54, 1.807) is 30.5 Å². The Morgan fingerprint density at radius 3 is 2.46 bits per heavy atom. The lowest BCUT2D eigenvalue weighted by atomic mass is 9.94. The van der Waals surface area contributed by atoms with Crippen molar-refractivity contribution in [1.29, 1.82) is 0 Å². The number of hydrogen-bond donors (Lipinski definition) is 3. The largest absolute Gasteiger partial charge is 0.351 e. The first-order valence-corrected chi connectivity index (χ1v) is 10.4. The first-order chi connectivity index (χ1) is 12.2. The van der Waals surface area contributed by atoms with Gasteiger partial charge in [0, 0.05) is 28.4 Å². The molecule has 9 heteroatoms. The summed E-state index contributed by atoms with van der Waals surface area (Å²) in [5.74, 6) is -0.189. The van der Waals surface area contributed by atoms with Crippen LogP contribution in [0.4, 0.5) is 5.69 Å². The highest BCUT2D eigenvalue weighted by molar-refractivity contribution is 14.1. The van der Waals surface area contributed by atoms with Gasteiger partial charge in [0.1, 0.15) is 0 Å². The van der Waals surface area contributed by atoms with Crippen LogP contribution in [0.3, 0.4) is 0 Å². The normalized spacial score (nSPS) is 11.8. The quantitative estimate of drug-likeness (QED) is 0.497. The van der Waals surface area contributed by atoms with Crippen molar-refractivity contribution in [3.63, 3.8) is 0 Å². The minimum Gasteiger partial charge on any atom is -0.351 e. The molecular formula is C17H21IN4O3S. The highest BCUT2D eigenvalue weighted by Crippen LogP contribution is 2.14. The number of hydrogen-bond acceptors (Lipinski definition) is 4. The summed E-state index contributed by atoms with van der Waals surface area (Å²) >= 11 is 2.17. The summed E-state index contributed by atoms with van der Waals surface area (Å²) in [6, 6.07) is 10.5. The number of amides is 1. The number of aromatic nitrogens is 1. The van der Waals surface area contributed by atoms with Gasteiger partial charge >= 0.3 is 0 Å². The van der Waals surface area contributed by atoms with Crippen molar-refractivity contribution in [3.8, 4) is 0 Å². The Hall–Kier alpha value is -1.72. The molecule has 2 aromatic rings. The highest BCUT2D eigenvalue weighted by Gasteiger charge is 2.22. The Morgan fingerprint density at radius 1 is 1.15 bits per heavy atom. The van der Waals surface area contributed by atoms with Crippen molar-refractivity contribution in [3.05, 3.63) is 57.9 Å². The number of nitrogens with zero attached hydrogens (tertiary/aromatic N) is 1. The van der Waals surface area contributed by atoms with Crippen LogP contribution in [0.25, 0.3) is 0 Å². The van der Waals surface area contributed by atoms with Crippen molar-refractivity contribution in [2.45, 2.75) is 13.8 Å². The second-order valence-corrected chi connectivity index (χ2v) is 9.27. The number of nitrogens with one attached hydrogen (secondary N) is 3. The van der Waals surface area contributed by atoms with E-state index in [-0.39, 0.29) is 12.5 Å². The standard InChI is InChI=1S/C17H21IN4O3S/c1-17(2,11-20-16(23)13-5-7-14(18)8-6-13)12-21-26(24,25)22-15-4-3-9-19-10-15/h3-10,21-22H,11-12H2,1-2H3,(H,20,23). The molecule has 1 heterocycles. The van der Waals surface area contributed by atoms with Crippen LogP contribution in [0.5, 0.6) is 0 Å². The summed E-state index contributed by atoms with van der Waals surface area (Å²) < 4.78 is 30.1. The number of carbonyl (C=O) groups is 1. The molecule has 1 aromatic heterocycles. The molecule has 0 radical (unpaired) electrons. The van der Waals surface area contributed by atoms with Crippen LogP contribution in [0.15, 0.2) is 48.8 Å². The molecule has 0 saturated carbocycles. The van der Waals surface area contributed by atoms with E-state index in [1.807, 2.05) is 26.0 Å². The molecule has 1 aromatic carbocycles. The maximum absolute atomic E-state index is 12.2. The van der Waals surface area contributed by atoms with E-state index in [2.05, 4.69) is 42.3 Å². The van der Waals surface area contributed by atoms with Crippen LogP contribution < -0.4 is 14.8 Å². The number of halogens is 1. The minimum absolute atomic E-state index is 0.162. The van der Waals surface area contributed by atoms with E-state index in [1.165, 1.54) is 6.20 Å². The predicted octanol–water partition coefficient (Wildman–Crippen LogP) is 2.39. The number of anilines is 1. The minimum atomic E-state index is -3.72.